The third-order valence-corrected chi connectivity index (χ3v) is 5.04. The summed E-state index contributed by atoms with van der Waals surface area (Å²) in [5.74, 6) is -0.0439. The van der Waals surface area contributed by atoms with E-state index in [1.165, 1.54) is 17.2 Å². The minimum absolute atomic E-state index is 0.00593. The molecule has 2 aromatic carbocycles. The second kappa shape index (κ2) is 8.43. The standard InChI is InChI=1S/C24H19ClN2O3/c1-16-14-20(28)22(23(26-16)21-12-7-13-30-21)24(29)27(15-17-8-3-2-4-9-17)19-11-6-5-10-18(19)25/h2-14H,15H2,1H3,(H,26,28). The summed E-state index contributed by atoms with van der Waals surface area (Å²) in [6.45, 7) is 2.02. The van der Waals surface area contributed by atoms with Crippen LogP contribution in [0.15, 0.2) is 88.3 Å². The normalized spacial score (nSPS) is 10.7. The molecule has 4 aromatic rings. The highest BCUT2D eigenvalue weighted by molar-refractivity contribution is 6.34. The van der Waals surface area contributed by atoms with Crippen molar-refractivity contribution >= 4 is 23.2 Å². The first-order valence-electron chi connectivity index (χ1n) is 9.42. The van der Waals surface area contributed by atoms with Crippen LogP contribution in [0, 0.1) is 6.92 Å². The third kappa shape index (κ3) is 3.93. The molecule has 0 radical (unpaired) electrons. The van der Waals surface area contributed by atoms with Crippen LogP contribution in [-0.4, -0.2) is 10.9 Å². The number of anilines is 1. The zero-order valence-corrected chi connectivity index (χ0v) is 17.0. The summed E-state index contributed by atoms with van der Waals surface area (Å²) >= 11 is 6.42. The van der Waals surface area contributed by atoms with Crippen LogP contribution >= 0.6 is 11.6 Å². The molecule has 0 aliphatic rings. The van der Waals surface area contributed by atoms with Crippen LogP contribution in [0.1, 0.15) is 21.6 Å². The lowest BCUT2D eigenvalue weighted by molar-refractivity contribution is 0.0984. The molecule has 0 bridgehead atoms. The molecule has 1 N–H and O–H groups in total. The number of hydrogen-bond acceptors (Lipinski definition) is 3. The van der Waals surface area contributed by atoms with E-state index in [0.29, 0.717) is 27.9 Å². The second-order valence-electron chi connectivity index (χ2n) is 6.87. The number of nitrogens with zero attached hydrogens (tertiary/aromatic N) is 1. The average Bonchev–Trinajstić information content (AvgIpc) is 3.27. The summed E-state index contributed by atoms with van der Waals surface area (Å²) < 4.78 is 5.48. The quantitative estimate of drug-likeness (QED) is 0.469. The van der Waals surface area contributed by atoms with Crippen molar-refractivity contribution in [2.75, 3.05) is 4.90 Å². The summed E-state index contributed by atoms with van der Waals surface area (Å²) in [5.41, 5.74) is 2.04. The highest BCUT2D eigenvalue weighted by Gasteiger charge is 2.27. The summed E-state index contributed by atoms with van der Waals surface area (Å²) in [6, 6.07) is 21.5. The van der Waals surface area contributed by atoms with Crippen molar-refractivity contribution in [3.63, 3.8) is 0 Å². The maximum atomic E-state index is 13.8. The van der Waals surface area contributed by atoms with Crippen LogP contribution in [-0.2, 0) is 6.54 Å². The average molecular weight is 419 g/mol. The van der Waals surface area contributed by atoms with Crippen LogP contribution in [0.5, 0.6) is 0 Å². The summed E-state index contributed by atoms with van der Waals surface area (Å²) in [5, 5.41) is 0.421. The van der Waals surface area contributed by atoms with Gasteiger partial charge in [0, 0.05) is 11.8 Å². The number of aryl methyl sites for hydroxylation is 1. The molecule has 30 heavy (non-hydrogen) atoms. The third-order valence-electron chi connectivity index (χ3n) is 4.72. The number of benzene rings is 2. The number of hydrogen-bond donors (Lipinski definition) is 1. The van der Waals surface area contributed by atoms with E-state index in [9.17, 15) is 9.59 Å². The van der Waals surface area contributed by atoms with E-state index in [0.717, 1.165) is 5.56 Å². The topological polar surface area (TPSA) is 66.3 Å². The van der Waals surface area contributed by atoms with Gasteiger partial charge in [-0.15, -0.1) is 0 Å². The zero-order chi connectivity index (χ0) is 21.1. The maximum absolute atomic E-state index is 13.8. The molecule has 150 valence electrons. The molecule has 1 amide bonds. The van der Waals surface area contributed by atoms with Gasteiger partial charge < -0.3 is 14.3 Å². The number of halogens is 1. The molecule has 0 saturated heterocycles. The van der Waals surface area contributed by atoms with E-state index in [1.807, 2.05) is 30.3 Å². The first-order valence-corrected chi connectivity index (χ1v) is 9.80. The fraction of sp³-hybridized carbons (Fsp3) is 0.0833. The molecule has 2 aromatic heterocycles. The molecule has 6 heteroatoms. The Morgan fingerprint density at radius 3 is 2.47 bits per heavy atom. The molecule has 0 aliphatic carbocycles. The second-order valence-corrected chi connectivity index (χ2v) is 7.28. The largest absolute Gasteiger partial charge is 0.463 e. The number of furan rings is 1. The molecular formula is C24H19ClN2O3. The van der Waals surface area contributed by atoms with Gasteiger partial charge in [0.25, 0.3) is 5.91 Å². The van der Waals surface area contributed by atoms with Crippen molar-refractivity contribution < 1.29 is 9.21 Å². The Kier molecular flexibility index (Phi) is 5.55. The van der Waals surface area contributed by atoms with Gasteiger partial charge in [0.1, 0.15) is 5.56 Å². The zero-order valence-electron chi connectivity index (χ0n) is 16.3. The predicted octanol–water partition coefficient (Wildman–Crippen LogP) is 5.44. The molecule has 0 fully saturated rings. The van der Waals surface area contributed by atoms with Crippen LogP contribution in [0.3, 0.4) is 0 Å². The van der Waals surface area contributed by atoms with E-state index >= 15 is 0 Å². The molecule has 5 nitrogen and oxygen atoms in total. The SMILES string of the molecule is Cc1cc(=O)c(C(=O)N(Cc2ccccc2)c2ccccc2Cl)c(-c2ccco2)[nH]1. The van der Waals surface area contributed by atoms with Crippen molar-refractivity contribution in [3.05, 3.63) is 111 Å². The van der Waals surface area contributed by atoms with Gasteiger partial charge in [0.05, 0.1) is 29.2 Å². The Morgan fingerprint density at radius 1 is 1.03 bits per heavy atom. The first-order chi connectivity index (χ1) is 14.5. The van der Waals surface area contributed by atoms with Crippen LogP contribution in [0.25, 0.3) is 11.5 Å². The van der Waals surface area contributed by atoms with Crippen molar-refractivity contribution in [1.82, 2.24) is 4.98 Å². The molecule has 0 unspecified atom stereocenters. The van der Waals surface area contributed by atoms with Crippen molar-refractivity contribution in [2.24, 2.45) is 0 Å². The minimum atomic E-state index is -0.459. The summed E-state index contributed by atoms with van der Waals surface area (Å²) in [6.07, 6.45) is 1.50. The molecule has 0 aliphatic heterocycles. The van der Waals surface area contributed by atoms with Crippen molar-refractivity contribution in [1.29, 1.82) is 0 Å². The van der Waals surface area contributed by atoms with Gasteiger partial charge in [-0.05, 0) is 36.8 Å². The summed E-state index contributed by atoms with van der Waals surface area (Å²) in [4.78, 5) is 31.3. The number of H-pyrrole nitrogens is 1. The Morgan fingerprint density at radius 2 is 1.77 bits per heavy atom. The monoisotopic (exact) mass is 418 g/mol. The Labute approximate surface area is 178 Å². The molecular weight excluding hydrogens is 400 g/mol. The lowest BCUT2D eigenvalue weighted by atomic mass is 10.1. The fourth-order valence-corrected chi connectivity index (χ4v) is 3.58. The van der Waals surface area contributed by atoms with E-state index in [-0.39, 0.29) is 17.5 Å². The number of rotatable bonds is 5. The number of carbonyl (C=O) groups excluding carboxylic acids is 1. The van der Waals surface area contributed by atoms with Crippen molar-refractivity contribution in [3.8, 4) is 11.5 Å². The smallest absolute Gasteiger partial charge is 0.264 e. The molecule has 4 rings (SSSR count). The number of pyridine rings is 1. The fourth-order valence-electron chi connectivity index (χ4n) is 3.34. The van der Waals surface area contributed by atoms with Gasteiger partial charge in [-0.3, -0.25) is 9.59 Å². The maximum Gasteiger partial charge on any atom is 0.264 e. The lowest BCUT2D eigenvalue weighted by Gasteiger charge is -2.24. The highest BCUT2D eigenvalue weighted by atomic mass is 35.5. The Bertz CT molecular complexity index is 1230. The minimum Gasteiger partial charge on any atom is -0.463 e. The van der Waals surface area contributed by atoms with E-state index < -0.39 is 5.91 Å². The van der Waals surface area contributed by atoms with Gasteiger partial charge >= 0.3 is 0 Å². The Hall–Kier alpha value is -3.57. The number of amides is 1. The van der Waals surface area contributed by atoms with E-state index in [2.05, 4.69) is 4.98 Å². The molecule has 0 spiro atoms. The first kappa shape index (κ1) is 19.7. The molecule has 0 atom stereocenters. The highest BCUT2D eigenvalue weighted by Crippen LogP contribution is 2.30. The van der Waals surface area contributed by atoms with Gasteiger partial charge in [-0.25, -0.2) is 0 Å². The van der Waals surface area contributed by atoms with Crippen LogP contribution < -0.4 is 10.3 Å². The van der Waals surface area contributed by atoms with Gasteiger partial charge in [0.15, 0.2) is 11.2 Å². The van der Waals surface area contributed by atoms with Crippen molar-refractivity contribution in [2.45, 2.75) is 13.5 Å². The number of aromatic amines is 1. The number of para-hydroxylation sites is 1. The predicted molar refractivity (Wildman–Crippen MR) is 118 cm³/mol. The van der Waals surface area contributed by atoms with Crippen LogP contribution in [0.4, 0.5) is 5.69 Å². The lowest BCUT2D eigenvalue weighted by Crippen LogP contribution is -2.35. The van der Waals surface area contributed by atoms with Gasteiger partial charge in [0.2, 0.25) is 0 Å². The molecule has 2 heterocycles. The number of nitrogens with one attached hydrogen (secondary N) is 1. The van der Waals surface area contributed by atoms with E-state index in [1.54, 1.807) is 43.3 Å². The number of carbonyl (C=O) groups is 1. The van der Waals surface area contributed by atoms with Gasteiger partial charge in [-0.2, -0.15) is 0 Å². The molecule has 0 saturated carbocycles. The summed E-state index contributed by atoms with van der Waals surface area (Å²) in [7, 11) is 0. The van der Waals surface area contributed by atoms with E-state index in [4.69, 9.17) is 16.0 Å². The van der Waals surface area contributed by atoms with Gasteiger partial charge in [-0.1, -0.05) is 54.1 Å². The number of aromatic nitrogens is 1. The van der Waals surface area contributed by atoms with Crippen LogP contribution in [0.2, 0.25) is 5.02 Å². The Balaban J connectivity index is 1.87.